The minimum absolute atomic E-state index is 0.917. The van der Waals surface area contributed by atoms with Crippen LogP contribution >= 0.6 is 0 Å². The molecule has 0 radical (unpaired) electrons. The lowest BCUT2D eigenvalue weighted by atomic mass is 10.9. The van der Waals surface area contributed by atoms with E-state index in [2.05, 4.69) is 10.2 Å². The maximum absolute atomic E-state index is 3.95. The molecule has 0 saturated heterocycles. The molecule has 0 fully saturated rings. The molecule has 1 aliphatic heterocycles. The van der Waals surface area contributed by atoms with Gasteiger partial charge in [0.1, 0.15) is 37.8 Å². The Labute approximate surface area is 167 Å². The summed E-state index contributed by atoms with van der Waals surface area (Å²) in [6.45, 7) is 0.917. The number of hydrogen-bond donors (Lipinski definition) is 0. The van der Waals surface area contributed by atoms with Gasteiger partial charge < -0.3 is 4.90 Å². The summed E-state index contributed by atoms with van der Waals surface area (Å²) in [6.07, 6.45) is 17.4. The van der Waals surface area contributed by atoms with Crippen molar-refractivity contribution in [2.24, 2.45) is 47.4 Å². The van der Waals surface area contributed by atoms with Gasteiger partial charge in [0.15, 0.2) is 0 Å². The van der Waals surface area contributed by atoms with Gasteiger partial charge in [-0.2, -0.15) is 5.10 Å². The van der Waals surface area contributed by atoms with Crippen molar-refractivity contribution < 1.29 is 13.7 Å². The van der Waals surface area contributed by atoms with E-state index in [-0.39, 0.29) is 0 Å². The average Bonchev–Trinajstić information content (AvgIpc) is 3.37. The lowest BCUT2D eigenvalue weighted by Gasteiger charge is -2.07. The predicted molar refractivity (Wildman–Crippen MR) is 106 cm³/mol. The first kappa shape index (κ1) is 22.9. The van der Waals surface area contributed by atoms with Gasteiger partial charge in [-0.25, -0.2) is 22.8 Å². The first-order valence-corrected chi connectivity index (χ1v) is 8.89. The molecule has 0 unspecified atom stereocenters. The van der Waals surface area contributed by atoms with Gasteiger partial charge in [-0.05, 0) is 0 Å². The number of rotatable bonds is 0. The van der Waals surface area contributed by atoms with Crippen LogP contribution in [0.15, 0.2) is 55.2 Å². The first-order valence-electron chi connectivity index (χ1n) is 8.89. The molecule has 28 heavy (non-hydrogen) atoms. The van der Waals surface area contributed by atoms with Crippen LogP contribution in [0.4, 0.5) is 0 Å². The Morgan fingerprint density at radius 1 is 0.750 bits per heavy atom. The smallest absolute Gasteiger partial charge is 0.264 e. The van der Waals surface area contributed by atoms with Gasteiger partial charge in [-0.1, -0.05) is 0 Å². The maximum Gasteiger partial charge on any atom is 0.264 e. The second-order valence-corrected chi connectivity index (χ2v) is 6.86. The Hall–Kier alpha value is -3.17. The molecule has 0 aromatic carbocycles. The molecule has 10 heteroatoms. The van der Waals surface area contributed by atoms with Gasteiger partial charge in [0.2, 0.25) is 19.0 Å². The summed E-state index contributed by atoms with van der Waals surface area (Å²) in [5, 5.41) is 9.72. The molecule has 0 atom stereocenters. The second-order valence-electron chi connectivity index (χ2n) is 6.86. The van der Waals surface area contributed by atoms with Crippen molar-refractivity contribution >= 4 is 6.34 Å². The van der Waals surface area contributed by atoms with Crippen molar-refractivity contribution in [3.63, 3.8) is 0 Å². The van der Waals surface area contributed by atoms with Gasteiger partial charge >= 0.3 is 0 Å². The van der Waals surface area contributed by atoms with Crippen LogP contribution in [-0.2, 0) is 42.3 Å². The maximum atomic E-state index is 3.95. The highest BCUT2D eigenvalue weighted by Gasteiger charge is 2.01. The van der Waals surface area contributed by atoms with Gasteiger partial charge in [-0.15, -0.1) is 4.68 Å². The fourth-order valence-corrected chi connectivity index (χ4v) is 2.21. The third kappa shape index (κ3) is 10.1. The molecule has 0 saturated carbocycles. The number of nitrogens with zero attached hydrogens (tertiary/aromatic N) is 10. The molecule has 10 nitrogen and oxygen atoms in total. The average molecular weight is 392 g/mol. The molecule has 4 heterocycles. The van der Waals surface area contributed by atoms with E-state index in [0.29, 0.717) is 0 Å². The van der Waals surface area contributed by atoms with Crippen molar-refractivity contribution in [2.45, 2.75) is 0 Å². The van der Waals surface area contributed by atoms with Crippen LogP contribution in [0, 0.1) is 0 Å². The lowest BCUT2D eigenvalue weighted by Crippen LogP contribution is -2.23. The van der Waals surface area contributed by atoms with Crippen LogP contribution in [-0.4, -0.2) is 55.9 Å². The van der Waals surface area contributed by atoms with Gasteiger partial charge in [-0.3, -0.25) is 5.01 Å². The number of aryl methyl sites for hydroxylation is 6. The minimum Gasteiger partial charge on any atom is -0.345 e. The summed E-state index contributed by atoms with van der Waals surface area (Å²) in [7, 11) is 15.8. The standard InChI is InChI=1S/2C5H9N2.C4H9N3.C4H8N3/c2*1-6-3-4-7(2)5-6;2*1-6-3-5-7(2)4-6/h2*3-5H,1-2H3;3H,4H2,1-2H3;3-4H,1-2H3/q2*+1;;+1. The third-order valence-electron chi connectivity index (χ3n) is 3.44. The lowest BCUT2D eigenvalue weighted by molar-refractivity contribution is -0.672. The van der Waals surface area contributed by atoms with E-state index in [1.165, 1.54) is 0 Å². The highest BCUT2D eigenvalue weighted by Crippen LogP contribution is 1.92. The molecule has 0 amide bonds. The first-order chi connectivity index (χ1) is 13.2. The number of hydrazone groups is 1. The SMILES string of the molecule is CN1C=NN(C)C1.Cn1c[n+](C)cn1.Cn1cc[n+](C)c1.Cn1cc[n+](C)c1. The van der Waals surface area contributed by atoms with E-state index in [4.69, 9.17) is 0 Å². The van der Waals surface area contributed by atoms with Crippen LogP contribution in [0.1, 0.15) is 0 Å². The summed E-state index contributed by atoms with van der Waals surface area (Å²) in [5.74, 6) is 0. The molecule has 0 aliphatic carbocycles. The van der Waals surface area contributed by atoms with E-state index >= 15 is 0 Å². The summed E-state index contributed by atoms with van der Waals surface area (Å²) in [6, 6.07) is 0. The van der Waals surface area contributed by atoms with E-state index in [0.717, 1.165) is 6.67 Å². The van der Waals surface area contributed by atoms with Gasteiger partial charge in [0.05, 0.1) is 42.3 Å². The molecule has 0 bridgehead atoms. The monoisotopic (exact) mass is 391 g/mol. The molecule has 3 aromatic rings. The van der Waals surface area contributed by atoms with Crippen molar-refractivity contribution in [1.82, 2.24) is 28.8 Å². The fraction of sp³-hybridized carbons (Fsp3) is 0.500. The zero-order valence-electron chi connectivity index (χ0n) is 18.4. The van der Waals surface area contributed by atoms with Crippen LogP contribution in [0.3, 0.4) is 0 Å². The summed E-state index contributed by atoms with van der Waals surface area (Å²) in [4.78, 5) is 2.01. The zero-order valence-corrected chi connectivity index (χ0v) is 18.4. The summed E-state index contributed by atoms with van der Waals surface area (Å²) >= 11 is 0. The van der Waals surface area contributed by atoms with E-state index in [9.17, 15) is 0 Å². The number of imidazole rings is 2. The fourth-order valence-electron chi connectivity index (χ4n) is 2.21. The molecule has 4 rings (SSSR count). The van der Waals surface area contributed by atoms with Crippen molar-refractivity contribution in [3.05, 3.63) is 50.1 Å². The van der Waals surface area contributed by atoms with Crippen molar-refractivity contribution in [2.75, 3.05) is 20.8 Å². The molecule has 154 valence electrons. The molecular weight excluding hydrogens is 356 g/mol. The Bertz CT molecular complexity index is 678. The van der Waals surface area contributed by atoms with Crippen LogP contribution < -0.4 is 13.7 Å². The Kier molecular flexibility index (Phi) is 9.41. The predicted octanol–water partition coefficient (Wildman–Crippen LogP) is -1.29. The van der Waals surface area contributed by atoms with Crippen LogP contribution in [0.5, 0.6) is 0 Å². The van der Waals surface area contributed by atoms with Crippen LogP contribution in [0.25, 0.3) is 0 Å². The Morgan fingerprint density at radius 3 is 1.39 bits per heavy atom. The largest absolute Gasteiger partial charge is 0.345 e. The second kappa shape index (κ2) is 11.5. The highest BCUT2D eigenvalue weighted by molar-refractivity contribution is 5.55. The zero-order chi connectivity index (χ0) is 21.1. The highest BCUT2D eigenvalue weighted by atomic mass is 15.6. The van der Waals surface area contributed by atoms with E-state index < -0.39 is 0 Å². The molecular formula is C18H35N10+3. The van der Waals surface area contributed by atoms with Crippen molar-refractivity contribution in [3.8, 4) is 0 Å². The molecule has 0 spiro atoms. The minimum atomic E-state index is 0.917. The van der Waals surface area contributed by atoms with Crippen LogP contribution in [0.2, 0.25) is 0 Å². The Morgan fingerprint density at radius 2 is 1.29 bits per heavy atom. The Balaban J connectivity index is 0.000000187. The van der Waals surface area contributed by atoms with Crippen molar-refractivity contribution in [1.29, 1.82) is 0 Å². The summed E-state index contributed by atoms with van der Waals surface area (Å²) in [5.41, 5.74) is 0. The quantitative estimate of drug-likeness (QED) is 0.448. The van der Waals surface area contributed by atoms with E-state index in [1.807, 2.05) is 133 Å². The van der Waals surface area contributed by atoms with E-state index in [1.54, 1.807) is 17.3 Å². The number of aromatic nitrogens is 7. The summed E-state index contributed by atoms with van der Waals surface area (Å²) < 4.78 is 11.6. The molecule has 0 N–H and O–H groups in total. The van der Waals surface area contributed by atoms with Gasteiger partial charge in [0, 0.05) is 19.2 Å². The van der Waals surface area contributed by atoms with Gasteiger partial charge in [0.25, 0.3) is 6.33 Å². The normalized spacial score (nSPS) is 11.9. The number of hydrogen-bond acceptors (Lipinski definition) is 4. The topological polar surface area (TPSA) is 58.2 Å². The molecule has 1 aliphatic rings. The third-order valence-corrected chi connectivity index (χ3v) is 3.44. The molecule has 3 aromatic heterocycles.